The fourth-order valence-corrected chi connectivity index (χ4v) is 2.66. The molecule has 1 aromatic carbocycles. The normalized spacial score (nSPS) is 11.6. The lowest BCUT2D eigenvalue weighted by Gasteiger charge is -2.07. The number of nitrogens with one attached hydrogen (secondary N) is 1. The van der Waals surface area contributed by atoms with Crippen molar-refractivity contribution in [1.82, 2.24) is 9.97 Å². The zero-order valence-corrected chi connectivity index (χ0v) is 16.0. The van der Waals surface area contributed by atoms with Gasteiger partial charge in [-0.1, -0.05) is 51.0 Å². The maximum absolute atomic E-state index is 4.56. The number of hydrogen-bond donors (Lipinski definition) is 1. The van der Waals surface area contributed by atoms with Crippen LogP contribution in [-0.4, -0.2) is 15.7 Å². The lowest BCUT2D eigenvalue weighted by Crippen LogP contribution is -2.05. The third-order valence-corrected chi connectivity index (χ3v) is 4.21. The van der Waals surface area contributed by atoms with Gasteiger partial charge in [-0.2, -0.15) is 5.10 Å². The fraction of sp³-hybridized carbons (Fsp3) is 0.476. The first-order chi connectivity index (χ1) is 12.1. The largest absolute Gasteiger partial charge is 0.245 e. The molecule has 0 radical (unpaired) electrons. The van der Waals surface area contributed by atoms with Gasteiger partial charge in [0.2, 0.25) is 5.95 Å². The molecule has 1 heterocycles. The summed E-state index contributed by atoms with van der Waals surface area (Å²) in [5.41, 5.74) is 8.49. The van der Waals surface area contributed by atoms with Crippen LogP contribution < -0.4 is 5.43 Å². The van der Waals surface area contributed by atoms with Crippen molar-refractivity contribution < 1.29 is 0 Å². The first-order valence-corrected chi connectivity index (χ1v) is 9.36. The van der Waals surface area contributed by atoms with Crippen LogP contribution in [0, 0.1) is 6.92 Å². The SMILES string of the molecule is CCCCc1ccc(C(C)=NNc2nc(C)cc(CCCC)n2)cc1. The van der Waals surface area contributed by atoms with Crippen molar-refractivity contribution in [3.63, 3.8) is 0 Å². The Kier molecular flexibility index (Phi) is 7.58. The van der Waals surface area contributed by atoms with E-state index in [2.05, 4.69) is 58.6 Å². The Morgan fingerprint density at radius 1 is 1.00 bits per heavy atom. The highest BCUT2D eigenvalue weighted by Crippen LogP contribution is 2.11. The van der Waals surface area contributed by atoms with Gasteiger partial charge < -0.3 is 0 Å². The molecule has 1 N–H and O–H groups in total. The van der Waals surface area contributed by atoms with Crippen molar-refractivity contribution in [3.05, 3.63) is 52.8 Å². The molecule has 4 heteroatoms. The molecule has 0 saturated carbocycles. The molecule has 0 aliphatic heterocycles. The summed E-state index contributed by atoms with van der Waals surface area (Å²) in [6.45, 7) is 8.40. The lowest BCUT2D eigenvalue weighted by molar-refractivity contribution is 0.772. The smallest absolute Gasteiger partial charge is 0.243 e. The van der Waals surface area contributed by atoms with E-state index in [1.807, 2.05) is 19.9 Å². The van der Waals surface area contributed by atoms with Crippen molar-refractivity contribution >= 4 is 11.7 Å². The van der Waals surface area contributed by atoms with Crippen molar-refractivity contribution in [2.75, 3.05) is 5.43 Å². The lowest BCUT2D eigenvalue weighted by atomic mass is 10.0. The van der Waals surface area contributed by atoms with E-state index >= 15 is 0 Å². The number of unbranched alkanes of at least 4 members (excludes halogenated alkanes) is 2. The van der Waals surface area contributed by atoms with E-state index in [1.165, 1.54) is 18.4 Å². The van der Waals surface area contributed by atoms with Crippen LogP contribution in [0.2, 0.25) is 0 Å². The summed E-state index contributed by atoms with van der Waals surface area (Å²) in [4.78, 5) is 8.98. The van der Waals surface area contributed by atoms with Crippen LogP contribution in [0.1, 0.15) is 69.0 Å². The number of hydrazone groups is 1. The van der Waals surface area contributed by atoms with E-state index in [0.29, 0.717) is 5.95 Å². The van der Waals surface area contributed by atoms with Crippen LogP contribution >= 0.6 is 0 Å². The maximum atomic E-state index is 4.56. The van der Waals surface area contributed by atoms with Gasteiger partial charge in [-0.3, -0.25) is 0 Å². The van der Waals surface area contributed by atoms with Crippen molar-refractivity contribution in [3.8, 4) is 0 Å². The summed E-state index contributed by atoms with van der Waals surface area (Å²) in [6, 6.07) is 10.7. The second-order valence-electron chi connectivity index (χ2n) is 6.54. The Morgan fingerprint density at radius 2 is 1.68 bits per heavy atom. The Bertz CT molecular complexity index is 690. The summed E-state index contributed by atoms with van der Waals surface area (Å²) in [6.07, 6.45) is 6.89. The van der Waals surface area contributed by atoms with Gasteiger partial charge in [-0.15, -0.1) is 0 Å². The molecule has 0 bridgehead atoms. The van der Waals surface area contributed by atoms with E-state index < -0.39 is 0 Å². The highest BCUT2D eigenvalue weighted by atomic mass is 15.4. The Morgan fingerprint density at radius 3 is 2.36 bits per heavy atom. The van der Waals surface area contributed by atoms with Gasteiger partial charge in [0, 0.05) is 11.4 Å². The van der Waals surface area contributed by atoms with E-state index in [9.17, 15) is 0 Å². The van der Waals surface area contributed by atoms with Crippen LogP contribution in [-0.2, 0) is 12.8 Å². The third-order valence-electron chi connectivity index (χ3n) is 4.21. The zero-order valence-electron chi connectivity index (χ0n) is 16.0. The number of benzene rings is 1. The van der Waals surface area contributed by atoms with Gasteiger partial charge >= 0.3 is 0 Å². The minimum atomic E-state index is 0.574. The molecule has 0 atom stereocenters. The standard InChI is InChI=1S/C21H30N4/c1-5-7-9-18-11-13-19(14-12-18)17(4)24-25-21-22-16(3)15-20(23-21)10-8-6-2/h11-15H,5-10H2,1-4H3,(H,22,23,25). The topological polar surface area (TPSA) is 50.2 Å². The molecule has 2 aromatic rings. The van der Waals surface area contributed by atoms with Crippen molar-refractivity contribution in [2.45, 2.75) is 66.2 Å². The van der Waals surface area contributed by atoms with E-state index in [-0.39, 0.29) is 0 Å². The zero-order chi connectivity index (χ0) is 18.1. The van der Waals surface area contributed by atoms with Gasteiger partial charge in [0.15, 0.2) is 0 Å². The molecule has 1 aromatic heterocycles. The highest BCUT2D eigenvalue weighted by molar-refractivity contribution is 5.99. The van der Waals surface area contributed by atoms with Crippen LogP contribution in [0.4, 0.5) is 5.95 Å². The fourth-order valence-electron chi connectivity index (χ4n) is 2.66. The maximum Gasteiger partial charge on any atom is 0.243 e. The molecule has 0 fully saturated rings. The van der Waals surface area contributed by atoms with Crippen LogP contribution in [0.5, 0.6) is 0 Å². The Balaban J connectivity index is 2.03. The average Bonchev–Trinajstić information content (AvgIpc) is 2.62. The van der Waals surface area contributed by atoms with Gasteiger partial charge in [0.25, 0.3) is 0 Å². The second kappa shape index (κ2) is 9.92. The van der Waals surface area contributed by atoms with Gasteiger partial charge in [-0.05, 0) is 56.7 Å². The number of aryl methyl sites for hydroxylation is 3. The molecule has 134 valence electrons. The van der Waals surface area contributed by atoms with E-state index in [4.69, 9.17) is 0 Å². The molecular weight excluding hydrogens is 308 g/mol. The third kappa shape index (κ3) is 6.29. The average molecular weight is 338 g/mol. The predicted molar refractivity (Wildman–Crippen MR) is 106 cm³/mol. The molecule has 0 aliphatic rings. The summed E-state index contributed by atoms with van der Waals surface area (Å²) < 4.78 is 0. The van der Waals surface area contributed by atoms with Gasteiger partial charge in [0.1, 0.15) is 0 Å². The number of nitrogens with zero attached hydrogens (tertiary/aromatic N) is 3. The summed E-state index contributed by atoms with van der Waals surface area (Å²) in [5.74, 6) is 0.574. The van der Waals surface area contributed by atoms with Crippen LogP contribution in [0.3, 0.4) is 0 Å². The molecule has 0 saturated heterocycles. The quantitative estimate of drug-likeness (QED) is 0.498. The summed E-state index contributed by atoms with van der Waals surface area (Å²) in [7, 11) is 0. The van der Waals surface area contributed by atoms with Gasteiger partial charge in [0.05, 0.1) is 5.71 Å². The van der Waals surface area contributed by atoms with Crippen LogP contribution in [0.15, 0.2) is 35.4 Å². The molecular formula is C21H30N4. The molecule has 0 amide bonds. The monoisotopic (exact) mass is 338 g/mol. The minimum absolute atomic E-state index is 0.574. The number of rotatable bonds is 9. The van der Waals surface area contributed by atoms with Crippen molar-refractivity contribution in [1.29, 1.82) is 0 Å². The number of anilines is 1. The summed E-state index contributed by atoms with van der Waals surface area (Å²) in [5, 5.41) is 4.46. The Hall–Kier alpha value is -2.23. The number of hydrogen-bond acceptors (Lipinski definition) is 4. The number of aromatic nitrogens is 2. The molecule has 0 spiro atoms. The molecule has 0 unspecified atom stereocenters. The Labute approximate surface area is 151 Å². The van der Waals surface area contributed by atoms with Gasteiger partial charge in [-0.25, -0.2) is 15.4 Å². The van der Waals surface area contributed by atoms with Crippen LogP contribution in [0.25, 0.3) is 0 Å². The summed E-state index contributed by atoms with van der Waals surface area (Å²) >= 11 is 0. The molecule has 25 heavy (non-hydrogen) atoms. The first kappa shape index (κ1) is 19.1. The highest BCUT2D eigenvalue weighted by Gasteiger charge is 2.03. The second-order valence-corrected chi connectivity index (χ2v) is 6.54. The minimum Gasteiger partial charge on any atom is -0.245 e. The predicted octanol–water partition coefficient (Wildman–Crippen LogP) is 5.31. The molecule has 2 rings (SSSR count). The first-order valence-electron chi connectivity index (χ1n) is 9.36. The van der Waals surface area contributed by atoms with E-state index in [1.54, 1.807) is 0 Å². The van der Waals surface area contributed by atoms with Crippen molar-refractivity contribution in [2.24, 2.45) is 5.10 Å². The van der Waals surface area contributed by atoms with E-state index in [0.717, 1.165) is 48.3 Å². The molecule has 0 aliphatic carbocycles. The molecule has 4 nitrogen and oxygen atoms in total.